The van der Waals surface area contributed by atoms with E-state index < -0.39 is 0 Å². The van der Waals surface area contributed by atoms with Gasteiger partial charge in [-0.3, -0.25) is 0 Å². The fraction of sp³-hybridized carbons (Fsp3) is 0.375. The molecule has 3 aromatic rings. The minimum absolute atomic E-state index is 0.198. The largest absolute Gasteiger partial charge is 0.481 e. The van der Waals surface area contributed by atoms with Gasteiger partial charge in [-0.15, -0.1) is 0 Å². The third-order valence-electron chi connectivity index (χ3n) is 3.69. The molecule has 0 saturated carbocycles. The van der Waals surface area contributed by atoms with Crippen molar-refractivity contribution in [3.05, 3.63) is 29.8 Å². The van der Waals surface area contributed by atoms with Gasteiger partial charge in [0.05, 0.1) is 17.7 Å². The van der Waals surface area contributed by atoms with Crippen LogP contribution in [0.2, 0.25) is 5.02 Å². The first-order chi connectivity index (χ1) is 11.5. The Kier molecular flexibility index (Phi) is 4.53. The summed E-state index contributed by atoms with van der Waals surface area (Å²) in [4.78, 5) is 13.3. The van der Waals surface area contributed by atoms with E-state index in [-0.39, 0.29) is 6.04 Å². The lowest BCUT2D eigenvalue weighted by Crippen LogP contribution is -2.05. The highest BCUT2D eigenvalue weighted by molar-refractivity contribution is 6.33. The van der Waals surface area contributed by atoms with Crippen LogP contribution in [0, 0.1) is 0 Å². The molecule has 0 saturated heterocycles. The van der Waals surface area contributed by atoms with Crippen molar-refractivity contribution in [3.63, 3.8) is 0 Å². The molecule has 0 N–H and O–H groups in total. The lowest BCUT2D eigenvalue weighted by Gasteiger charge is -2.07. The molecule has 3 heterocycles. The molecule has 0 aliphatic heterocycles. The number of halogens is 1. The molecular weight excluding hydrogens is 328 g/mol. The zero-order chi connectivity index (χ0) is 17.3. The second kappa shape index (κ2) is 6.60. The molecule has 0 radical (unpaired) electrons. The Balaban J connectivity index is 2.10. The first-order valence-electron chi connectivity index (χ1n) is 7.72. The fourth-order valence-corrected chi connectivity index (χ4v) is 2.71. The van der Waals surface area contributed by atoms with E-state index >= 15 is 0 Å². The molecule has 0 aliphatic rings. The number of aromatic nitrogens is 6. The van der Waals surface area contributed by atoms with Crippen molar-refractivity contribution >= 4 is 11.6 Å². The second-order valence-electron chi connectivity index (χ2n) is 5.56. The van der Waals surface area contributed by atoms with E-state index in [0.29, 0.717) is 10.9 Å². The molecule has 0 aromatic carbocycles. The maximum absolute atomic E-state index is 6.38. The van der Waals surface area contributed by atoms with E-state index in [2.05, 4.69) is 28.9 Å². The average Bonchev–Trinajstić information content (AvgIpc) is 3.20. The molecule has 3 rings (SSSR count). The lowest BCUT2D eigenvalue weighted by atomic mass is 10.2. The van der Waals surface area contributed by atoms with Crippen LogP contribution < -0.4 is 4.74 Å². The van der Waals surface area contributed by atoms with Gasteiger partial charge in [0.1, 0.15) is 17.8 Å². The minimum Gasteiger partial charge on any atom is -0.481 e. The molecule has 0 bridgehead atoms. The van der Waals surface area contributed by atoms with Gasteiger partial charge in [-0.25, -0.2) is 19.6 Å². The van der Waals surface area contributed by atoms with Crippen LogP contribution in [-0.4, -0.2) is 36.4 Å². The summed E-state index contributed by atoms with van der Waals surface area (Å²) in [6.45, 7) is 6.91. The van der Waals surface area contributed by atoms with E-state index in [9.17, 15) is 0 Å². The smallest absolute Gasteiger partial charge is 0.214 e. The number of pyridine rings is 1. The number of hydrogen-bond donors (Lipinski definition) is 0. The van der Waals surface area contributed by atoms with E-state index in [0.717, 1.165) is 29.5 Å². The molecule has 0 spiro atoms. The summed E-state index contributed by atoms with van der Waals surface area (Å²) in [5.41, 5.74) is 1.51. The monoisotopic (exact) mass is 346 g/mol. The van der Waals surface area contributed by atoms with Crippen molar-refractivity contribution in [2.45, 2.75) is 33.4 Å². The number of imidazole rings is 1. The van der Waals surface area contributed by atoms with E-state index in [1.54, 1.807) is 25.7 Å². The Labute approximate surface area is 145 Å². The van der Waals surface area contributed by atoms with Gasteiger partial charge in [-0.2, -0.15) is 5.10 Å². The van der Waals surface area contributed by atoms with E-state index in [1.807, 2.05) is 22.4 Å². The Morgan fingerprint density at radius 3 is 2.67 bits per heavy atom. The SMILES string of the molecule is CCn1cc(-c2ncnn2C(C)C)nc1-c1cnc(OC)cc1Cl. The molecule has 24 heavy (non-hydrogen) atoms. The average molecular weight is 347 g/mol. The van der Waals surface area contributed by atoms with Crippen molar-refractivity contribution in [2.24, 2.45) is 0 Å². The van der Waals surface area contributed by atoms with Crippen LogP contribution in [0.1, 0.15) is 26.8 Å². The summed E-state index contributed by atoms with van der Waals surface area (Å²) >= 11 is 6.38. The van der Waals surface area contributed by atoms with Crippen molar-refractivity contribution in [1.82, 2.24) is 29.3 Å². The van der Waals surface area contributed by atoms with Crippen molar-refractivity contribution in [2.75, 3.05) is 7.11 Å². The maximum Gasteiger partial charge on any atom is 0.214 e. The highest BCUT2D eigenvalue weighted by Crippen LogP contribution is 2.31. The standard InChI is InChI=1S/C16H19ClN6O/c1-5-22-8-13(16-19-9-20-23(16)10(2)3)21-15(22)11-7-18-14(24-4)6-12(11)17/h6-10H,5H2,1-4H3. The number of aryl methyl sites for hydroxylation is 1. The summed E-state index contributed by atoms with van der Waals surface area (Å²) in [6, 6.07) is 1.88. The normalized spacial score (nSPS) is 11.2. The van der Waals surface area contributed by atoms with Crippen LogP contribution in [0.25, 0.3) is 22.9 Å². The van der Waals surface area contributed by atoms with E-state index in [1.165, 1.54) is 0 Å². The van der Waals surface area contributed by atoms with Gasteiger partial charge in [0, 0.05) is 31.0 Å². The van der Waals surface area contributed by atoms with E-state index in [4.69, 9.17) is 21.3 Å². The third kappa shape index (κ3) is 2.87. The van der Waals surface area contributed by atoms with Gasteiger partial charge in [-0.1, -0.05) is 11.6 Å². The summed E-state index contributed by atoms with van der Waals surface area (Å²) in [6.07, 6.45) is 5.17. The van der Waals surface area contributed by atoms with Gasteiger partial charge in [0.15, 0.2) is 5.82 Å². The van der Waals surface area contributed by atoms with Crippen molar-refractivity contribution in [3.8, 4) is 28.8 Å². The number of nitrogens with zero attached hydrogens (tertiary/aromatic N) is 6. The molecule has 126 valence electrons. The van der Waals surface area contributed by atoms with Crippen LogP contribution in [0.3, 0.4) is 0 Å². The molecule has 0 amide bonds. The minimum atomic E-state index is 0.198. The highest BCUT2D eigenvalue weighted by Gasteiger charge is 2.18. The molecule has 3 aromatic heterocycles. The van der Waals surface area contributed by atoms with Gasteiger partial charge in [0.25, 0.3) is 0 Å². The Bertz CT molecular complexity index is 854. The number of methoxy groups -OCH3 is 1. The Morgan fingerprint density at radius 1 is 1.25 bits per heavy atom. The zero-order valence-electron chi connectivity index (χ0n) is 14.1. The third-order valence-corrected chi connectivity index (χ3v) is 4.00. The number of hydrogen-bond acceptors (Lipinski definition) is 5. The first kappa shape index (κ1) is 16.4. The Hall–Kier alpha value is -2.41. The van der Waals surface area contributed by atoms with Crippen LogP contribution in [0.4, 0.5) is 0 Å². The van der Waals surface area contributed by atoms with Crippen LogP contribution >= 0.6 is 11.6 Å². The van der Waals surface area contributed by atoms with Gasteiger partial charge in [-0.05, 0) is 20.8 Å². The summed E-state index contributed by atoms with van der Waals surface area (Å²) in [5, 5.41) is 4.81. The fourth-order valence-electron chi connectivity index (χ4n) is 2.48. The molecule has 7 nitrogen and oxygen atoms in total. The highest BCUT2D eigenvalue weighted by atomic mass is 35.5. The summed E-state index contributed by atoms with van der Waals surface area (Å²) < 4.78 is 8.97. The zero-order valence-corrected chi connectivity index (χ0v) is 14.8. The molecule has 0 fully saturated rings. The van der Waals surface area contributed by atoms with Crippen LogP contribution in [0.15, 0.2) is 24.8 Å². The molecule has 0 unspecified atom stereocenters. The van der Waals surface area contributed by atoms with Crippen LogP contribution in [-0.2, 0) is 6.54 Å². The molecule has 0 aliphatic carbocycles. The number of rotatable bonds is 5. The number of ether oxygens (including phenoxy) is 1. The molecular formula is C16H19ClN6O. The van der Waals surface area contributed by atoms with Gasteiger partial charge < -0.3 is 9.30 Å². The first-order valence-corrected chi connectivity index (χ1v) is 8.09. The second-order valence-corrected chi connectivity index (χ2v) is 5.97. The topological polar surface area (TPSA) is 70.7 Å². The predicted octanol–water partition coefficient (Wildman–Crippen LogP) is 3.47. The molecule has 8 heteroatoms. The predicted molar refractivity (Wildman–Crippen MR) is 92.1 cm³/mol. The van der Waals surface area contributed by atoms with Gasteiger partial charge >= 0.3 is 0 Å². The molecule has 0 atom stereocenters. The summed E-state index contributed by atoms with van der Waals surface area (Å²) in [5.74, 6) is 1.94. The Morgan fingerprint density at radius 2 is 2.04 bits per heavy atom. The quantitative estimate of drug-likeness (QED) is 0.707. The van der Waals surface area contributed by atoms with Crippen molar-refractivity contribution in [1.29, 1.82) is 0 Å². The van der Waals surface area contributed by atoms with Gasteiger partial charge in [0.2, 0.25) is 5.88 Å². The van der Waals surface area contributed by atoms with Crippen molar-refractivity contribution < 1.29 is 4.74 Å². The lowest BCUT2D eigenvalue weighted by molar-refractivity contribution is 0.398. The van der Waals surface area contributed by atoms with Crippen LogP contribution in [0.5, 0.6) is 5.88 Å². The maximum atomic E-state index is 6.38. The summed E-state index contributed by atoms with van der Waals surface area (Å²) in [7, 11) is 1.56.